The minimum Gasteiger partial charge on any atom is -0.487 e. The summed E-state index contributed by atoms with van der Waals surface area (Å²) in [5, 5.41) is 3.03. The molecule has 0 radical (unpaired) electrons. The fraction of sp³-hybridized carbons (Fsp3) is 0.353. The van der Waals surface area contributed by atoms with Gasteiger partial charge >= 0.3 is 0 Å². The van der Waals surface area contributed by atoms with Gasteiger partial charge in [-0.3, -0.25) is 4.79 Å². The Hall–Kier alpha value is -2.43. The lowest BCUT2D eigenvalue weighted by atomic mass is 9.89. The van der Waals surface area contributed by atoms with Crippen LogP contribution in [-0.2, 0) is 0 Å². The molecule has 1 unspecified atom stereocenters. The lowest BCUT2D eigenvalue weighted by Gasteiger charge is -2.38. The van der Waals surface area contributed by atoms with Crippen LogP contribution in [0.1, 0.15) is 48.0 Å². The number of hydrogen-bond acceptors (Lipinski definition) is 4. The van der Waals surface area contributed by atoms with Crippen LogP contribution in [0.2, 0.25) is 0 Å². The molecule has 5 nitrogen and oxygen atoms in total. The van der Waals surface area contributed by atoms with Gasteiger partial charge < -0.3 is 20.2 Å². The maximum atomic E-state index is 12.4. The smallest absolute Gasteiger partial charge is 0.287 e. The van der Waals surface area contributed by atoms with Crippen molar-refractivity contribution >= 4 is 11.6 Å². The lowest BCUT2D eigenvalue weighted by Crippen LogP contribution is -2.41. The van der Waals surface area contributed by atoms with Crippen molar-refractivity contribution in [2.45, 2.75) is 38.8 Å². The second kappa shape index (κ2) is 5.09. The fourth-order valence-corrected chi connectivity index (χ4v) is 2.83. The Bertz CT molecular complexity index is 718. The van der Waals surface area contributed by atoms with Crippen molar-refractivity contribution in [3.63, 3.8) is 0 Å². The SMILES string of the molecule is Cc1ccoc1C(=O)NC1CC(C)(C)Oc2ccc(N)cc21. The first-order chi connectivity index (χ1) is 10.4. The summed E-state index contributed by atoms with van der Waals surface area (Å²) < 4.78 is 11.2. The van der Waals surface area contributed by atoms with Gasteiger partial charge in [0.15, 0.2) is 5.76 Å². The van der Waals surface area contributed by atoms with Gasteiger partial charge in [0, 0.05) is 23.2 Å². The Morgan fingerprint density at radius 1 is 1.36 bits per heavy atom. The monoisotopic (exact) mass is 300 g/mol. The second-order valence-corrected chi connectivity index (χ2v) is 6.32. The highest BCUT2D eigenvalue weighted by Gasteiger charge is 2.35. The molecule has 2 heterocycles. The molecule has 2 aromatic rings. The number of carbonyl (C=O) groups excluding carboxylic acids is 1. The van der Waals surface area contributed by atoms with Crippen molar-refractivity contribution in [2.75, 3.05) is 5.73 Å². The van der Waals surface area contributed by atoms with Crippen LogP contribution in [0, 0.1) is 6.92 Å². The normalized spacial score (nSPS) is 19.1. The predicted molar refractivity (Wildman–Crippen MR) is 83.8 cm³/mol. The van der Waals surface area contributed by atoms with E-state index in [2.05, 4.69) is 5.32 Å². The number of benzene rings is 1. The molecular weight excluding hydrogens is 280 g/mol. The molecule has 1 aliphatic heterocycles. The molecule has 1 amide bonds. The average molecular weight is 300 g/mol. The molecule has 0 saturated heterocycles. The number of nitrogens with two attached hydrogens (primary N) is 1. The van der Waals surface area contributed by atoms with E-state index in [-0.39, 0.29) is 17.6 Å². The van der Waals surface area contributed by atoms with E-state index >= 15 is 0 Å². The van der Waals surface area contributed by atoms with E-state index < -0.39 is 0 Å². The molecule has 0 spiro atoms. The Labute approximate surface area is 129 Å². The number of rotatable bonds is 2. The van der Waals surface area contributed by atoms with Crippen LogP contribution < -0.4 is 15.8 Å². The molecule has 5 heteroatoms. The molecule has 0 fully saturated rings. The number of furan rings is 1. The molecule has 0 saturated carbocycles. The molecule has 0 bridgehead atoms. The minimum absolute atomic E-state index is 0.167. The molecule has 1 aromatic carbocycles. The van der Waals surface area contributed by atoms with Crippen LogP contribution in [0.3, 0.4) is 0 Å². The van der Waals surface area contributed by atoms with E-state index in [4.69, 9.17) is 14.9 Å². The summed E-state index contributed by atoms with van der Waals surface area (Å²) in [6.07, 6.45) is 2.18. The van der Waals surface area contributed by atoms with Gasteiger partial charge in [-0.05, 0) is 45.0 Å². The summed E-state index contributed by atoms with van der Waals surface area (Å²) in [5.41, 5.74) is 7.88. The van der Waals surface area contributed by atoms with Gasteiger partial charge in [-0.2, -0.15) is 0 Å². The van der Waals surface area contributed by atoms with Gasteiger partial charge in [-0.25, -0.2) is 0 Å². The quantitative estimate of drug-likeness (QED) is 0.835. The van der Waals surface area contributed by atoms with Crippen LogP contribution in [0.5, 0.6) is 5.75 Å². The summed E-state index contributed by atoms with van der Waals surface area (Å²) >= 11 is 0. The first-order valence-corrected chi connectivity index (χ1v) is 7.29. The van der Waals surface area contributed by atoms with E-state index in [0.29, 0.717) is 17.9 Å². The molecule has 1 aliphatic rings. The highest BCUT2D eigenvalue weighted by atomic mass is 16.5. The highest BCUT2D eigenvalue weighted by Crippen LogP contribution is 2.40. The molecule has 1 aromatic heterocycles. The molecule has 0 aliphatic carbocycles. The van der Waals surface area contributed by atoms with Gasteiger partial charge in [0.1, 0.15) is 11.4 Å². The van der Waals surface area contributed by atoms with Crippen LogP contribution in [0.25, 0.3) is 0 Å². The van der Waals surface area contributed by atoms with Gasteiger partial charge in [-0.15, -0.1) is 0 Å². The number of fused-ring (bicyclic) bond motifs is 1. The van der Waals surface area contributed by atoms with Crippen LogP contribution >= 0.6 is 0 Å². The van der Waals surface area contributed by atoms with Crippen molar-refractivity contribution in [3.05, 3.63) is 47.4 Å². The van der Waals surface area contributed by atoms with Crippen LogP contribution in [-0.4, -0.2) is 11.5 Å². The van der Waals surface area contributed by atoms with Gasteiger partial charge in [0.05, 0.1) is 12.3 Å². The number of amides is 1. The number of hydrogen-bond donors (Lipinski definition) is 2. The summed E-state index contributed by atoms with van der Waals surface area (Å²) in [4.78, 5) is 12.4. The summed E-state index contributed by atoms with van der Waals surface area (Å²) in [7, 11) is 0. The highest BCUT2D eigenvalue weighted by molar-refractivity contribution is 5.93. The first kappa shape index (κ1) is 14.5. The summed E-state index contributed by atoms with van der Waals surface area (Å²) in [6.45, 7) is 5.85. The zero-order valence-electron chi connectivity index (χ0n) is 13.0. The summed E-state index contributed by atoms with van der Waals surface area (Å²) in [5.74, 6) is 0.875. The predicted octanol–water partition coefficient (Wildman–Crippen LogP) is 3.20. The number of nitrogen functional groups attached to an aromatic ring is 1. The Morgan fingerprint density at radius 3 is 2.82 bits per heavy atom. The van der Waals surface area contributed by atoms with Crippen LogP contribution in [0.15, 0.2) is 34.9 Å². The standard InChI is InChI=1S/C17H20N2O3/c1-10-6-7-21-15(10)16(20)19-13-9-17(2,3)22-14-5-4-11(18)8-12(13)14/h4-8,13H,9,18H2,1-3H3,(H,19,20). The van der Waals surface area contributed by atoms with E-state index in [9.17, 15) is 4.79 Å². The summed E-state index contributed by atoms with van der Waals surface area (Å²) in [6, 6.07) is 7.11. The van der Waals surface area contributed by atoms with Crippen molar-refractivity contribution in [1.82, 2.24) is 5.32 Å². The van der Waals surface area contributed by atoms with E-state index in [1.165, 1.54) is 6.26 Å². The molecule has 1 atom stereocenters. The maximum absolute atomic E-state index is 12.4. The largest absolute Gasteiger partial charge is 0.487 e. The number of anilines is 1. The maximum Gasteiger partial charge on any atom is 0.287 e. The Kier molecular flexibility index (Phi) is 3.35. The van der Waals surface area contributed by atoms with Crippen molar-refractivity contribution < 1.29 is 13.9 Å². The van der Waals surface area contributed by atoms with Crippen molar-refractivity contribution in [2.24, 2.45) is 0 Å². The third kappa shape index (κ3) is 2.66. The first-order valence-electron chi connectivity index (χ1n) is 7.29. The lowest BCUT2D eigenvalue weighted by molar-refractivity contribution is 0.0611. The van der Waals surface area contributed by atoms with E-state index in [1.54, 1.807) is 12.1 Å². The zero-order valence-corrected chi connectivity index (χ0v) is 13.0. The minimum atomic E-state index is -0.362. The molecular formula is C17H20N2O3. The van der Waals surface area contributed by atoms with Gasteiger partial charge in [0.25, 0.3) is 5.91 Å². The molecule has 22 heavy (non-hydrogen) atoms. The molecule has 116 valence electrons. The number of carbonyl (C=O) groups is 1. The molecule has 3 N–H and O–H groups in total. The van der Waals surface area contributed by atoms with Crippen LogP contribution in [0.4, 0.5) is 5.69 Å². The Morgan fingerprint density at radius 2 is 2.14 bits per heavy atom. The third-order valence-corrected chi connectivity index (χ3v) is 3.86. The number of nitrogens with one attached hydrogen (secondary N) is 1. The topological polar surface area (TPSA) is 77.5 Å². The van der Waals surface area contributed by atoms with E-state index in [1.807, 2.05) is 32.9 Å². The van der Waals surface area contributed by atoms with Gasteiger partial charge in [-0.1, -0.05) is 0 Å². The van der Waals surface area contributed by atoms with E-state index in [0.717, 1.165) is 16.9 Å². The second-order valence-electron chi connectivity index (χ2n) is 6.32. The zero-order chi connectivity index (χ0) is 15.9. The fourth-order valence-electron chi connectivity index (χ4n) is 2.83. The molecule has 3 rings (SSSR count). The average Bonchev–Trinajstić information content (AvgIpc) is 2.85. The van der Waals surface area contributed by atoms with Gasteiger partial charge in [0.2, 0.25) is 0 Å². The number of ether oxygens (including phenoxy) is 1. The Balaban J connectivity index is 1.92. The third-order valence-electron chi connectivity index (χ3n) is 3.86. The number of aryl methyl sites for hydroxylation is 1. The van der Waals surface area contributed by atoms with Crippen molar-refractivity contribution in [1.29, 1.82) is 0 Å². The van der Waals surface area contributed by atoms with Crippen molar-refractivity contribution in [3.8, 4) is 5.75 Å².